The Labute approximate surface area is 68.0 Å². The highest BCUT2D eigenvalue weighted by Gasteiger charge is 2.24. The molecule has 0 spiro atoms. The van der Waals surface area contributed by atoms with E-state index in [4.69, 9.17) is 0 Å². The molecule has 1 aliphatic heterocycles. The molecule has 0 radical (unpaired) electrons. The van der Waals surface area contributed by atoms with E-state index in [-0.39, 0.29) is 0 Å². The molecular weight excluding hydrogens is 140 g/mol. The Morgan fingerprint density at radius 3 is 2.45 bits per heavy atom. The van der Waals surface area contributed by atoms with Gasteiger partial charge in [0.05, 0.1) is 0 Å². The van der Waals surface area contributed by atoms with Gasteiger partial charge in [0.25, 0.3) is 0 Å². The van der Waals surface area contributed by atoms with Crippen molar-refractivity contribution in [2.24, 2.45) is 0 Å². The minimum Gasteiger partial charge on any atom is -0.340 e. The zero-order valence-corrected chi connectivity index (χ0v) is 7.45. The van der Waals surface area contributed by atoms with Crippen molar-refractivity contribution >= 4 is 6.41 Å². The summed E-state index contributed by atoms with van der Waals surface area (Å²) in [5, 5.41) is 0. The van der Waals surface area contributed by atoms with Crippen LogP contribution in [-0.4, -0.2) is 48.4 Å². The molecule has 2 atom stereocenters. The summed E-state index contributed by atoms with van der Waals surface area (Å²) in [6.07, 6.45) is 0.953. The third kappa shape index (κ3) is 1.71. The Hall–Kier alpha value is -0.570. The molecule has 1 fully saturated rings. The molecule has 0 bridgehead atoms. The summed E-state index contributed by atoms with van der Waals surface area (Å²) in [7, 11) is 2.10. The van der Waals surface area contributed by atoms with Crippen LogP contribution in [0, 0.1) is 0 Å². The number of piperazine rings is 1. The molecule has 0 N–H and O–H groups in total. The summed E-state index contributed by atoms with van der Waals surface area (Å²) >= 11 is 0. The van der Waals surface area contributed by atoms with Crippen LogP contribution < -0.4 is 0 Å². The highest BCUT2D eigenvalue weighted by atomic mass is 16.1. The number of rotatable bonds is 1. The first-order valence-corrected chi connectivity index (χ1v) is 4.06. The number of hydrogen-bond acceptors (Lipinski definition) is 2. The number of amides is 1. The number of nitrogens with zero attached hydrogens (tertiary/aromatic N) is 2. The van der Waals surface area contributed by atoms with E-state index >= 15 is 0 Å². The molecule has 1 heterocycles. The first-order valence-electron chi connectivity index (χ1n) is 4.06. The Balaban J connectivity index is 2.54. The summed E-state index contributed by atoms with van der Waals surface area (Å²) in [4.78, 5) is 14.7. The van der Waals surface area contributed by atoms with E-state index < -0.39 is 0 Å². The van der Waals surface area contributed by atoms with Crippen LogP contribution in [0.3, 0.4) is 0 Å². The summed E-state index contributed by atoms with van der Waals surface area (Å²) < 4.78 is 0. The van der Waals surface area contributed by atoms with E-state index in [9.17, 15) is 4.79 Å². The Bertz CT molecular complexity index is 149. The second-order valence-corrected chi connectivity index (χ2v) is 3.44. The molecule has 0 aromatic carbocycles. The molecule has 1 saturated heterocycles. The van der Waals surface area contributed by atoms with Gasteiger partial charge in [0.1, 0.15) is 0 Å². The molecule has 1 unspecified atom stereocenters. The molecule has 1 amide bonds. The summed E-state index contributed by atoms with van der Waals surface area (Å²) in [6.45, 7) is 6.07. The van der Waals surface area contributed by atoms with Crippen molar-refractivity contribution in [3.05, 3.63) is 0 Å². The summed E-state index contributed by atoms with van der Waals surface area (Å²) in [5.74, 6) is 0. The van der Waals surface area contributed by atoms with Crippen molar-refractivity contribution in [1.29, 1.82) is 0 Å². The molecule has 1 rings (SSSR count). The molecular formula is C8H16N2O. The third-order valence-corrected chi connectivity index (χ3v) is 2.48. The zero-order valence-electron chi connectivity index (χ0n) is 7.45. The highest BCUT2D eigenvalue weighted by molar-refractivity contribution is 5.48. The smallest absolute Gasteiger partial charge is 0.210 e. The van der Waals surface area contributed by atoms with Gasteiger partial charge < -0.3 is 4.90 Å². The van der Waals surface area contributed by atoms with Crippen LogP contribution in [0.2, 0.25) is 0 Å². The maximum atomic E-state index is 10.5. The number of carbonyl (C=O) groups is 1. The number of carbonyl (C=O) groups excluding carboxylic acids is 1. The molecule has 3 heteroatoms. The molecule has 64 valence electrons. The van der Waals surface area contributed by atoms with Crippen molar-refractivity contribution in [3.8, 4) is 0 Å². The maximum Gasteiger partial charge on any atom is 0.210 e. The summed E-state index contributed by atoms with van der Waals surface area (Å²) in [6, 6.07) is 0.866. The van der Waals surface area contributed by atoms with E-state index in [1.807, 2.05) is 4.90 Å². The Morgan fingerprint density at radius 2 is 1.91 bits per heavy atom. The lowest BCUT2D eigenvalue weighted by molar-refractivity contribution is -0.123. The van der Waals surface area contributed by atoms with E-state index in [0.29, 0.717) is 12.1 Å². The van der Waals surface area contributed by atoms with Gasteiger partial charge in [0.15, 0.2) is 0 Å². The van der Waals surface area contributed by atoms with E-state index in [2.05, 4.69) is 25.8 Å². The molecule has 0 aromatic heterocycles. The largest absolute Gasteiger partial charge is 0.340 e. The average Bonchev–Trinajstić information content (AvgIpc) is 1.97. The van der Waals surface area contributed by atoms with Gasteiger partial charge in [0.2, 0.25) is 6.41 Å². The van der Waals surface area contributed by atoms with Gasteiger partial charge in [-0.3, -0.25) is 9.69 Å². The van der Waals surface area contributed by atoms with Gasteiger partial charge in [-0.1, -0.05) is 0 Å². The first-order chi connectivity index (χ1) is 5.15. The van der Waals surface area contributed by atoms with Crippen molar-refractivity contribution in [2.75, 3.05) is 20.1 Å². The van der Waals surface area contributed by atoms with Crippen molar-refractivity contribution < 1.29 is 4.79 Å². The van der Waals surface area contributed by atoms with Gasteiger partial charge in [-0.2, -0.15) is 0 Å². The SMILES string of the molecule is CC1CN(C)[C@H](C)CN1C=O. The fourth-order valence-electron chi connectivity index (χ4n) is 1.47. The van der Waals surface area contributed by atoms with Gasteiger partial charge in [-0.05, 0) is 20.9 Å². The molecule has 0 saturated carbocycles. The fraction of sp³-hybridized carbons (Fsp3) is 0.875. The number of hydrogen-bond donors (Lipinski definition) is 0. The van der Waals surface area contributed by atoms with E-state index in [1.54, 1.807) is 0 Å². The second-order valence-electron chi connectivity index (χ2n) is 3.44. The fourth-order valence-corrected chi connectivity index (χ4v) is 1.47. The van der Waals surface area contributed by atoms with Gasteiger partial charge >= 0.3 is 0 Å². The van der Waals surface area contributed by atoms with Crippen LogP contribution >= 0.6 is 0 Å². The molecule has 0 aliphatic carbocycles. The standard InChI is InChI=1S/C8H16N2O/c1-7-5-10(6-11)8(2)4-9(7)3/h6-8H,4-5H2,1-3H3/t7-,8?/m1/s1. The Kier molecular flexibility index (Phi) is 2.49. The van der Waals surface area contributed by atoms with Crippen LogP contribution in [0.5, 0.6) is 0 Å². The highest BCUT2D eigenvalue weighted by Crippen LogP contribution is 2.10. The predicted octanol–water partition coefficient (Wildman–Crippen LogP) is 0.167. The second kappa shape index (κ2) is 3.22. The zero-order chi connectivity index (χ0) is 8.43. The minimum atomic E-state index is 0.369. The average molecular weight is 156 g/mol. The monoisotopic (exact) mass is 156 g/mol. The lowest BCUT2D eigenvalue weighted by Crippen LogP contribution is -2.54. The summed E-state index contributed by atoms with van der Waals surface area (Å²) in [5.41, 5.74) is 0. The van der Waals surface area contributed by atoms with Crippen molar-refractivity contribution in [2.45, 2.75) is 25.9 Å². The topological polar surface area (TPSA) is 23.6 Å². The van der Waals surface area contributed by atoms with Crippen molar-refractivity contribution in [3.63, 3.8) is 0 Å². The van der Waals surface area contributed by atoms with Gasteiger partial charge in [-0.15, -0.1) is 0 Å². The minimum absolute atomic E-state index is 0.369. The maximum absolute atomic E-state index is 10.5. The predicted molar refractivity (Wildman–Crippen MR) is 44.3 cm³/mol. The van der Waals surface area contributed by atoms with Crippen molar-refractivity contribution in [1.82, 2.24) is 9.80 Å². The van der Waals surface area contributed by atoms with Gasteiger partial charge in [-0.25, -0.2) is 0 Å². The van der Waals surface area contributed by atoms with Crippen LogP contribution in [0.4, 0.5) is 0 Å². The Morgan fingerprint density at radius 1 is 1.27 bits per heavy atom. The molecule has 1 aliphatic rings. The lowest BCUT2D eigenvalue weighted by Gasteiger charge is -2.40. The normalized spacial score (nSPS) is 33.9. The van der Waals surface area contributed by atoms with E-state index in [1.165, 1.54) is 0 Å². The molecule has 11 heavy (non-hydrogen) atoms. The van der Waals surface area contributed by atoms with Crippen LogP contribution in [0.25, 0.3) is 0 Å². The lowest BCUT2D eigenvalue weighted by atomic mass is 10.1. The van der Waals surface area contributed by atoms with E-state index in [0.717, 1.165) is 19.5 Å². The number of likely N-dealkylation sites (N-methyl/N-ethyl adjacent to an activating group) is 1. The van der Waals surface area contributed by atoms with Crippen LogP contribution in [0.15, 0.2) is 0 Å². The first kappa shape index (κ1) is 8.53. The third-order valence-electron chi connectivity index (χ3n) is 2.48. The van der Waals surface area contributed by atoms with Crippen LogP contribution in [0.1, 0.15) is 13.8 Å². The van der Waals surface area contributed by atoms with Gasteiger partial charge in [0, 0.05) is 25.2 Å². The molecule has 0 aromatic rings. The quantitative estimate of drug-likeness (QED) is 0.505. The molecule has 3 nitrogen and oxygen atoms in total. The van der Waals surface area contributed by atoms with Crippen LogP contribution in [-0.2, 0) is 4.79 Å².